The minimum absolute atomic E-state index is 0.0317. The van der Waals surface area contributed by atoms with Crippen molar-refractivity contribution in [1.82, 2.24) is 0 Å². The van der Waals surface area contributed by atoms with E-state index in [0.717, 1.165) is 0 Å². The molecule has 0 bridgehead atoms. The van der Waals surface area contributed by atoms with E-state index in [1.54, 1.807) is 26.0 Å². The van der Waals surface area contributed by atoms with Crippen LogP contribution >= 0.6 is 0 Å². The van der Waals surface area contributed by atoms with Crippen LogP contribution in [-0.4, -0.2) is 50.6 Å². The summed E-state index contributed by atoms with van der Waals surface area (Å²) < 4.78 is 20.4. The van der Waals surface area contributed by atoms with Gasteiger partial charge in [0.2, 0.25) is 0 Å². The summed E-state index contributed by atoms with van der Waals surface area (Å²) in [6.07, 6.45) is 0.0634. The quantitative estimate of drug-likeness (QED) is 0.584. The fourth-order valence-corrected chi connectivity index (χ4v) is 2.08. The van der Waals surface area contributed by atoms with E-state index in [1.807, 2.05) is 0 Å². The van der Waals surface area contributed by atoms with Crippen LogP contribution in [0.3, 0.4) is 0 Å². The molecule has 2 saturated heterocycles. The number of hydrogen-bond acceptors (Lipinski definition) is 6. The Labute approximate surface area is 128 Å². The maximum absolute atomic E-state index is 12.0. The van der Waals surface area contributed by atoms with Crippen molar-refractivity contribution in [2.24, 2.45) is 0 Å². The molecule has 118 valence electrons. The van der Waals surface area contributed by atoms with Crippen molar-refractivity contribution in [2.75, 3.05) is 26.4 Å². The molecule has 6 nitrogen and oxygen atoms in total. The second kappa shape index (κ2) is 6.06. The van der Waals surface area contributed by atoms with Crippen LogP contribution in [0.2, 0.25) is 0 Å². The first-order chi connectivity index (χ1) is 10.5. The molecule has 2 aliphatic heterocycles. The average Bonchev–Trinajstić information content (AvgIpc) is 3.37. The summed E-state index contributed by atoms with van der Waals surface area (Å²) in [5.41, 5.74) is 2.28. The summed E-state index contributed by atoms with van der Waals surface area (Å²) >= 11 is 0. The van der Waals surface area contributed by atoms with Gasteiger partial charge >= 0.3 is 11.9 Å². The number of rotatable bonds is 6. The van der Waals surface area contributed by atoms with Gasteiger partial charge in [0.05, 0.1) is 24.3 Å². The first kappa shape index (κ1) is 15.0. The zero-order chi connectivity index (χ0) is 15.7. The van der Waals surface area contributed by atoms with Crippen molar-refractivity contribution >= 4 is 11.9 Å². The Morgan fingerprint density at radius 2 is 1.32 bits per heavy atom. The van der Waals surface area contributed by atoms with Gasteiger partial charge in [-0.3, -0.25) is 0 Å². The Hall–Kier alpha value is -1.92. The van der Waals surface area contributed by atoms with Gasteiger partial charge in [0.1, 0.15) is 25.4 Å². The van der Waals surface area contributed by atoms with Crippen molar-refractivity contribution in [3.05, 3.63) is 34.4 Å². The Morgan fingerprint density at radius 3 is 1.64 bits per heavy atom. The third-order valence-corrected chi connectivity index (χ3v) is 3.62. The number of aryl methyl sites for hydroxylation is 2. The van der Waals surface area contributed by atoms with Crippen LogP contribution in [0.25, 0.3) is 0 Å². The van der Waals surface area contributed by atoms with E-state index in [0.29, 0.717) is 35.5 Å². The van der Waals surface area contributed by atoms with E-state index in [-0.39, 0.29) is 25.4 Å². The van der Waals surface area contributed by atoms with Crippen molar-refractivity contribution in [2.45, 2.75) is 26.1 Å². The van der Waals surface area contributed by atoms with Gasteiger partial charge < -0.3 is 18.9 Å². The third kappa shape index (κ3) is 3.64. The highest BCUT2D eigenvalue weighted by Crippen LogP contribution is 2.20. The van der Waals surface area contributed by atoms with Crippen LogP contribution in [0.5, 0.6) is 0 Å². The molecule has 2 fully saturated rings. The van der Waals surface area contributed by atoms with Crippen molar-refractivity contribution < 1.29 is 28.5 Å². The highest BCUT2D eigenvalue weighted by atomic mass is 16.6. The van der Waals surface area contributed by atoms with Crippen LogP contribution in [0.4, 0.5) is 0 Å². The predicted molar refractivity (Wildman–Crippen MR) is 76.0 cm³/mol. The average molecular weight is 306 g/mol. The first-order valence-electron chi connectivity index (χ1n) is 7.23. The monoisotopic (exact) mass is 306 g/mol. The zero-order valence-electron chi connectivity index (χ0n) is 12.6. The summed E-state index contributed by atoms with van der Waals surface area (Å²) in [5.74, 6) is -0.801. The van der Waals surface area contributed by atoms with Gasteiger partial charge in [0.25, 0.3) is 0 Å². The first-order valence-corrected chi connectivity index (χ1v) is 7.23. The second-order valence-corrected chi connectivity index (χ2v) is 5.59. The van der Waals surface area contributed by atoms with Crippen LogP contribution in [0.1, 0.15) is 31.8 Å². The largest absolute Gasteiger partial charge is 0.459 e. The van der Waals surface area contributed by atoms with E-state index in [4.69, 9.17) is 18.9 Å². The molecule has 6 heteroatoms. The number of benzene rings is 1. The van der Waals surface area contributed by atoms with Gasteiger partial charge in [-0.1, -0.05) is 0 Å². The van der Waals surface area contributed by atoms with E-state index >= 15 is 0 Å². The number of ether oxygens (including phenoxy) is 4. The third-order valence-electron chi connectivity index (χ3n) is 3.62. The SMILES string of the molecule is Cc1cc(C(=O)OCC2CO2)c(C)cc1C(=O)OCC1CO1. The van der Waals surface area contributed by atoms with Gasteiger partial charge in [-0.05, 0) is 37.1 Å². The second-order valence-electron chi connectivity index (χ2n) is 5.59. The van der Waals surface area contributed by atoms with E-state index in [1.165, 1.54) is 0 Å². The van der Waals surface area contributed by atoms with Crippen LogP contribution in [-0.2, 0) is 18.9 Å². The minimum atomic E-state index is -0.401. The minimum Gasteiger partial charge on any atom is -0.459 e. The van der Waals surface area contributed by atoms with Gasteiger partial charge in [-0.15, -0.1) is 0 Å². The van der Waals surface area contributed by atoms with Crippen molar-refractivity contribution in [3.63, 3.8) is 0 Å². The molecule has 3 rings (SSSR count). The summed E-state index contributed by atoms with van der Waals surface area (Å²) in [6, 6.07) is 3.32. The molecule has 2 atom stereocenters. The van der Waals surface area contributed by atoms with E-state index in [9.17, 15) is 9.59 Å². The fraction of sp³-hybridized carbons (Fsp3) is 0.500. The molecule has 22 heavy (non-hydrogen) atoms. The molecule has 0 saturated carbocycles. The number of carbonyl (C=O) groups excluding carboxylic acids is 2. The molecule has 1 aromatic carbocycles. The van der Waals surface area contributed by atoms with Crippen LogP contribution < -0.4 is 0 Å². The molecule has 0 aromatic heterocycles. The maximum Gasteiger partial charge on any atom is 0.338 e. The topological polar surface area (TPSA) is 77.7 Å². The zero-order valence-corrected chi connectivity index (χ0v) is 12.6. The summed E-state index contributed by atoms with van der Waals surface area (Å²) in [7, 11) is 0. The Bertz CT molecular complexity index is 547. The molecule has 0 spiro atoms. The van der Waals surface area contributed by atoms with E-state index < -0.39 is 11.9 Å². The van der Waals surface area contributed by atoms with Crippen LogP contribution in [0.15, 0.2) is 12.1 Å². The molecule has 2 aliphatic rings. The molecule has 0 radical (unpaired) electrons. The highest BCUT2D eigenvalue weighted by molar-refractivity contribution is 5.96. The van der Waals surface area contributed by atoms with Gasteiger partial charge in [-0.25, -0.2) is 9.59 Å². The Morgan fingerprint density at radius 1 is 0.955 bits per heavy atom. The lowest BCUT2D eigenvalue weighted by atomic mass is 10.00. The van der Waals surface area contributed by atoms with Crippen LogP contribution in [0, 0.1) is 13.8 Å². The Kier molecular flexibility index (Phi) is 4.13. The number of esters is 2. The molecule has 2 heterocycles. The molecule has 1 aromatic rings. The summed E-state index contributed by atoms with van der Waals surface area (Å²) in [4.78, 5) is 24.1. The van der Waals surface area contributed by atoms with Gasteiger partial charge in [0.15, 0.2) is 0 Å². The van der Waals surface area contributed by atoms with Crippen molar-refractivity contribution in [1.29, 1.82) is 0 Å². The molecular formula is C16H18O6. The molecule has 0 amide bonds. The standard InChI is InChI=1S/C16H18O6/c1-9-3-14(16(18)22-8-12-6-20-12)10(2)4-13(9)15(17)21-7-11-5-19-11/h3-4,11-12H,5-8H2,1-2H3. The lowest BCUT2D eigenvalue weighted by molar-refractivity contribution is 0.0462. The summed E-state index contributed by atoms with van der Waals surface area (Å²) in [5, 5.41) is 0. The lowest BCUT2D eigenvalue weighted by Crippen LogP contribution is -2.15. The van der Waals surface area contributed by atoms with Crippen molar-refractivity contribution in [3.8, 4) is 0 Å². The molecule has 2 unspecified atom stereocenters. The summed E-state index contributed by atoms with van der Waals surface area (Å²) in [6.45, 7) is 5.35. The number of hydrogen-bond donors (Lipinski definition) is 0. The normalized spacial score (nSPS) is 22.1. The molecular weight excluding hydrogens is 288 g/mol. The smallest absolute Gasteiger partial charge is 0.338 e. The number of carbonyl (C=O) groups is 2. The van der Waals surface area contributed by atoms with E-state index in [2.05, 4.69) is 0 Å². The maximum atomic E-state index is 12.0. The van der Waals surface area contributed by atoms with Gasteiger partial charge in [0, 0.05) is 0 Å². The number of epoxide rings is 2. The fourth-order valence-electron chi connectivity index (χ4n) is 2.08. The highest BCUT2D eigenvalue weighted by Gasteiger charge is 2.27. The molecule has 0 aliphatic carbocycles. The van der Waals surface area contributed by atoms with Gasteiger partial charge in [-0.2, -0.15) is 0 Å². The Balaban J connectivity index is 1.68. The lowest BCUT2D eigenvalue weighted by Gasteiger charge is -2.11. The molecule has 0 N–H and O–H groups in total. The predicted octanol–water partition coefficient (Wildman–Crippen LogP) is 1.41.